The summed E-state index contributed by atoms with van der Waals surface area (Å²) in [5, 5.41) is 22.0. The average Bonchev–Trinajstić information content (AvgIpc) is 2.83. The first kappa shape index (κ1) is 12.2. The number of hydrogen-bond acceptors (Lipinski definition) is 6. The molecule has 0 aliphatic heterocycles. The van der Waals surface area contributed by atoms with E-state index >= 15 is 0 Å². The summed E-state index contributed by atoms with van der Waals surface area (Å²) in [4.78, 5) is 16.7. The molecule has 0 atom stereocenters. The van der Waals surface area contributed by atoms with E-state index in [9.17, 15) is 9.90 Å². The van der Waals surface area contributed by atoms with E-state index in [2.05, 4.69) is 20.5 Å². The first-order valence-corrected chi connectivity index (χ1v) is 6.83. The van der Waals surface area contributed by atoms with Gasteiger partial charge < -0.3 is 5.11 Å². The summed E-state index contributed by atoms with van der Waals surface area (Å²) in [6, 6.07) is 0. The zero-order valence-corrected chi connectivity index (χ0v) is 11.4. The van der Waals surface area contributed by atoms with Gasteiger partial charge in [-0.05, 0) is 43.5 Å². The molecule has 3 rings (SSSR count). The first-order valence-electron chi connectivity index (χ1n) is 6.01. The van der Waals surface area contributed by atoms with Gasteiger partial charge in [0.2, 0.25) is 0 Å². The number of hydrogen-bond donors (Lipinski definition) is 1. The molecule has 7 nitrogen and oxygen atoms in total. The molecule has 0 amide bonds. The van der Waals surface area contributed by atoms with Crippen LogP contribution < -0.4 is 0 Å². The van der Waals surface area contributed by atoms with Crippen LogP contribution in [0.25, 0.3) is 10.7 Å². The molecular weight excluding hydrogens is 266 g/mol. The number of thiazole rings is 1. The number of carbonyl (C=O) groups is 1. The van der Waals surface area contributed by atoms with Gasteiger partial charge in [0.1, 0.15) is 0 Å². The van der Waals surface area contributed by atoms with Gasteiger partial charge in [-0.25, -0.2) is 14.5 Å². The fourth-order valence-corrected chi connectivity index (χ4v) is 3.27. The predicted molar refractivity (Wildman–Crippen MR) is 67.9 cm³/mol. The lowest BCUT2D eigenvalue weighted by atomic mass is 9.77. The summed E-state index contributed by atoms with van der Waals surface area (Å²) in [5.74, 6) is -0.364. The Morgan fingerprint density at radius 2 is 2.16 bits per heavy atom. The van der Waals surface area contributed by atoms with Crippen LogP contribution in [-0.2, 0) is 10.3 Å². The maximum atomic E-state index is 11.5. The van der Waals surface area contributed by atoms with Crippen LogP contribution in [0.3, 0.4) is 0 Å². The van der Waals surface area contributed by atoms with Gasteiger partial charge in [-0.1, -0.05) is 0 Å². The van der Waals surface area contributed by atoms with Crippen molar-refractivity contribution in [2.45, 2.75) is 38.6 Å². The Labute approximate surface area is 113 Å². The lowest BCUT2D eigenvalue weighted by Crippen LogP contribution is -2.48. The molecule has 1 fully saturated rings. The van der Waals surface area contributed by atoms with Gasteiger partial charge in [0.25, 0.3) is 0 Å². The Bertz CT molecular complexity index is 643. The van der Waals surface area contributed by atoms with Crippen molar-refractivity contribution in [1.82, 2.24) is 25.2 Å². The molecule has 0 unspecified atom stereocenters. The van der Waals surface area contributed by atoms with Crippen molar-refractivity contribution in [2.75, 3.05) is 0 Å². The van der Waals surface area contributed by atoms with Crippen LogP contribution in [0.5, 0.6) is 0 Å². The minimum absolute atomic E-state index is 0.505. The molecule has 1 aliphatic rings. The molecule has 2 aromatic rings. The lowest BCUT2D eigenvalue weighted by Gasteiger charge is -2.37. The third kappa shape index (κ3) is 1.66. The van der Waals surface area contributed by atoms with E-state index in [-0.39, 0.29) is 0 Å². The monoisotopic (exact) mass is 279 g/mol. The van der Waals surface area contributed by atoms with Crippen LogP contribution >= 0.6 is 11.3 Å². The van der Waals surface area contributed by atoms with Gasteiger partial charge in [0, 0.05) is 0 Å². The number of aliphatic carboxylic acids is 1. The lowest BCUT2D eigenvalue weighted by molar-refractivity contribution is -0.153. The molecule has 0 radical (unpaired) electrons. The van der Waals surface area contributed by atoms with E-state index in [0.29, 0.717) is 18.7 Å². The molecule has 0 spiro atoms. The number of carboxylic acids is 1. The van der Waals surface area contributed by atoms with Crippen LogP contribution in [0.15, 0.2) is 0 Å². The van der Waals surface area contributed by atoms with Gasteiger partial charge in [-0.15, -0.1) is 16.4 Å². The molecule has 1 aliphatic carbocycles. The smallest absolute Gasteiger partial charge is 0.331 e. The summed E-state index contributed by atoms with van der Waals surface area (Å²) in [6.45, 7) is 3.79. The molecule has 8 heteroatoms. The fourth-order valence-electron chi connectivity index (χ4n) is 2.38. The Balaban J connectivity index is 2.13. The van der Waals surface area contributed by atoms with E-state index in [1.54, 1.807) is 0 Å². The Hall–Kier alpha value is -1.83. The minimum atomic E-state index is -0.983. The maximum Gasteiger partial charge on any atom is 0.331 e. The highest BCUT2D eigenvalue weighted by atomic mass is 32.1. The van der Waals surface area contributed by atoms with E-state index in [0.717, 1.165) is 22.0 Å². The van der Waals surface area contributed by atoms with Crippen molar-refractivity contribution in [2.24, 2.45) is 0 Å². The summed E-state index contributed by atoms with van der Waals surface area (Å²) in [7, 11) is 0. The minimum Gasteiger partial charge on any atom is -0.479 e. The topological polar surface area (TPSA) is 93.8 Å². The first-order chi connectivity index (χ1) is 9.04. The summed E-state index contributed by atoms with van der Waals surface area (Å²) < 4.78 is 1.46. The number of nitrogens with zero attached hydrogens (tertiary/aromatic N) is 5. The van der Waals surface area contributed by atoms with E-state index < -0.39 is 11.5 Å². The van der Waals surface area contributed by atoms with Gasteiger partial charge in [0.15, 0.2) is 11.4 Å². The number of aryl methyl sites for hydroxylation is 2. The number of aromatic nitrogens is 5. The normalized spacial score (nSPS) is 17.2. The standard InChI is InChI=1S/C11H13N5O2S/c1-6-8(19-7(2)12-6)9-13-14-15-16(9)11(10(17)18)4-3-5-11/h3-5H2,1-2H3,(H,17,18). The van der Waals surface area contributed by atoms with E-state index in [1.165, 1.54) is 16.0 Å². The van der Waals surface area contributed by atoms with Crippen LogP contribution in [0.4, 0.5) is 0 Å². The van der Waals surface area contributed by atoms with Crippen molar-refractivity contribution in [1.29, 1.82) is 0 Å². The van der Waals surface area contributed by atoms with Crippen molar-refractivity contribution < 1.29 is 9.90 Å². The maximum absolute atomic E-state index is 11.5. The number of carboxylic acid groups (broad SMARTS) is 1. The summed E-state index contributed by atoms with van der Waals surface area (Å²) >= 11 is 1.48. The highest BCUT2D eigenvalue weighted by Crippen LogP contribution is 2.41. The molecule has 1 saturated carbocycles. The Kier molecular flexibility index (Phi) is 2.63. The van der Waals surface area contributed by atoms with Crippen molar-refractivity contribution in [3.8, 4) is 10.7 Å². The third-order valence-corrected chi connectivity index (χ3v) is 4.63. The van der Waals surface area contributed by atoms with Crippen LogP contribution in [-0.4, -0.2) is 36.3 Å². The molecule has 2 heterocycles. The highest BCUT2D eigenvalue weighted by molar-refractivity contribution is 7.15. The molecule has 19 heavy (non-hydrogen) atoms. The molecule has 0 bridgehead atoms. The molecule has 1 N–H and O–H groups in total. The van der Waals surface area contributed by atoms with Crippen LogP contribution in [0.1, 0.15) is 30.0 Å². The second-order valence-corrected chi connectivity index (χ2v) is 5.96. The third-order valence-electron chi connectivity index (χ3n) is 3.56. The van der Waals surface area contributed by atoms with Gasteiger partial charge in [-0.2, -0.15) is 0 Å². The van der Waals surface area contributed by atoms with Crippen LogP contribution in [0.2, 0.25) is 0 Å². The summed E-state index contributed by atoms with van der Waals surface area (Å²) in [5.41, 5.74) is -0.151. The van der Waals surface area contributed by atoms with E-state index in [1.807, 2.05) is 13.8 Å². The van der Waals surface area contributed by atoms with Crippen molar-refractivity contribution in [3.63, 3.8) is 0 Å². The number of tetrazole rings is 1. The fraction of sp³-hybridized carbons (Fsp3) is 0.545. The zero-order valence-electron chi connectivity index (χ0n) is 10.6. The molecule has 0 saturated heterocycles. The second kappa shape index (κ2) is 4.09. The van der Waals surface area contributed by atoms with Crippen LogP contribution in [0, 0.1) is 13.8 Å². The predicted octanol–water partition coefficient (Wildman–Crippen LogP) is 1.38. The molecular formula is C11H13N5O2S. The average molecular weight is 279 g/mol. The summed E-state index contributed by atoms with van der Waals surface area (Å²) in [6.07, 6.45) is 2.01. The van der Waals surface area contributed by atoms with E-state index in [4.69, 9.17) is 0 Å². The molecule has 100 valence electrons. The molecule has 2 aromatic heterocycles. The van der Waals surface area contributed by atoms with Crippen molar-refractivity contribution in [3.05, 3.63) is 10.7 Å². The quantitative estimate of drug-likeness (QED) is 0.912. The second-order valence-electron chi connectivity index (χ2n) is 4.75. The SMILES string of the molecule is Cc1nc(C)c(-c2nnnn2C2(C(=O)O)CCC2)s1. The zero-order chi connectivity index (χ0) is 13.6. The Morgan fingerprint density at radius 3 is 2.63 bits per heavy atom. The highest BCUT2D eigenvalue weighted by Gasteiger charge is 2.49. The van der Waals surface area contributed by atoms with Gasteiger partial charge >= 0.3 is 5.97 Å². The van der Waals surface area contributed by atoms with Gasteiger partial charge in [-0.3, -0.25) is 0 Å². The molecule has 0 aromatic carbocycles. The van der Waals surface area contributed by atoms with Gasteiger partial charge in [0.05, 0.1) is 15.6 Å². The van der Waals surface area contributed by atoms with Crippen molar-refractivity contribution >= 4 is 17.3 Å². The largest absolute Gasteiger partial charge is 0.479 e. The number of rotatable bonds is 3. The Morgan fingerprint density at radius 1 is 1.42 bits per heavy atom.